The number of hydrogen-bond acceptors (Lipinski definition) is 3. The minimum atomic E-state index is -5.00. The van der Waals surface area contributed by atoms with Gasteiger partial charge in [-0.15, -0.1) is 0 Å². The molecule has 1 aliphatic heterocycles. The highest BCUT2D eigenvalue weighted by Gasteiger charge is 2.63. The average Bonchev–Trinajstić information content (AvgIpc) is 2.56. The predicted octanol–water partition coefficient (Wildman–Crippen LogP) is 0.767. The van der Waals surface area contributed by atoms with Gasteiger partial charge in [0.05, 0.1) is 17.6 Å². The van der Waals surface area contributed by atoms with Gasteiger partial charge in [0, 0.05) is 6.54 Å². The fourth-order valence-corrected chi connectivity index (χ4v) is 2.95. The van der Waals surface area contributed by atoms with Crippen molar-refractivity contribution in [1.29, 1.82) is 0 Å². The van der Waals surface area contributed by atoms with E-state index in [9.17, 15) is 33.0 Å². The Morgan fingerprint density at radius 2 is 1.74 bits per heavy atom. The summed E-state index contributed by atoms with van der Waals surface area (Å²) in [6.07, 6.45) is -4.07. The van der Waals surface area contributed by atoms with Crippen LogP contribution in [0.5, 0.6) is 0 Å². The zero-order chi connectivity index (χ0) is 14.5. The van der Waals surface area contributed by atoms with Crippen LogP contribution in [0.15, 0.2) is 0 Å². The minimum absolute atomic E-state index is 0.138. The highest BCUT2D eigenvalue weighted by Crippen LogP contribution is 2.53. The number of hydrogen-bond donors (Lipinski definition) is 2. The van der Waals surface area contributed by atoms with E-state index in [-0.39, 0.29) is 25.8 Å². The maximum atomic E-state index is 12.3. The molecule has 2 N–H and O–H groups in total. The first-order valence-electron chi connectivity index (χ1n) is 5.94. The van der Waals surface area contributed by atoms with Gasteiger partial charge in [-0.1, -0.05) is 6.42 Å². The van der Waals surface area contributed by atoms with Crippen LogP contribution >= 0.6 is 0 Å². The number of carboxylic acids is 1. The normalized spacial score (nSPS) is 30.0. The summed E-state index contributed by atoms with van der Waals surface area (Å²) in [5.74, 6) is -3.23. The Balaban J connectivity index is 2.17. The molecule has 1 unspecified atom stereocenters. The maximum absolute atomic E-state index is 12.3. The van der Waals surface area contributed by atoms with Crippen LogP contribution in [0.1, 0.15) is 25.7 Å². The quantitative estimate of drug-likeness (QED) is 0.783. The van der Waals surface area contributed by atoms with Crippen LogP contribution in [0.4, 0.5) is 13.2 Å². The van der Waals surface area contributed by atoms with Gasteiger partial charge in [-0.05, 0) is 19.3 Å². The van der Waals surface area contributed by atoms with Crippen LogP contribution in [0.3, 0.4) is 0 Å². The highest BCUT2D eigenvalue weighted by molar-refractivity contribution is 5.83. The Morgan fingerprint density at radius 1 is 1.16 bits per heavy atom. The molecular weight excluding hydrogens is 267 g/mol. The highest BCUT2D eigenvalue weighted by atomic mass is 19.4. The van der Waals surface area contributed by atoms with E-state index >= 15 is 0 Å². The molecule has 5 nitrogen and oxygen atoms in total. The number of nitrogens with zero attached hydrogens (tertiary/aromatic N) is 1. The molecule has 2 rings (SSSR count). The number of aliphatic hydroxyl groups is 1. The van der Waals surface area contributed by atoms with E-state index in [1.54, 1.807) is 0 Å². The maximum Gasteiger partial charge on any atom is 0.471 e. The molecule has 0 aromatic rings. The third-order valence-electron chi connectivity index (χ3n) is 4.28. The van der Waals surface area contributed by atoms with E-state index in [2.05, 4.69) is 0 Å². The lowest BCUT2D eigenvalue weighted by molar-refractivity contribution is -0.191. The molecule has 0 aromatic heterocycles. The molecule has 0 bridgehead atoms. The van der Waals surface area contributed by atoms with Gasteiger partial charge in [0.2, 0.25) is 0 Å². The Kier molecular flexibility index (Phi) is 3.04. The summed E-state index contributed by atoms with van der Waals surface area (Å²) in [5, 5.41) is 19.6. The number of likely N-dealkylation sites (tertiary alicyclic amines) is 1. The van der Waals surface area contributed by atoms with Crippen molar-refractivity contribution in [3.63, 3.8) is 0 Å². The summed E-state index contributed by atoms with van der Waals surface area (Å²) in [4.78, 5) is 22.9. The van der Waals surface area contributed by atoms with Gasteiger partial charge < -0.3 is 15.1 Å². The molecule has 1 aliphatic carbocycles. The molecule has 0 spiro atoms. The Labute approximate surface area is 107 Å². The molecule has 1 saturated carbocycles. The SMILES string of the molecule is O=C(N1CCC(O)(C2(C(=O)O)CCC2)C1)C(F)(F)F. The van der Waals surface area contributed by atoms with Crippen LogP contribution in [-0.2, 0) is 9.59 Å². The molecule has 19 heavy (non-hydrogen) atoms. The molecule has 1 saturated heterocycles. The van der Waals surface area contributed by atoms with E-state index in [4.69, 9.17) is 0 Å². The van der Waals surface area contributed by atoms with Crippen LogP contribution in [0.2, 0.25) is 0 Å². The zero-order valence-corrected chi connectivity index (χ0v) is 10.0. The summed E-state index contributed by atoms with van der Waals surface area (Å²) in [7, 11) is 0. The van der Waals surface area contributed by atoms with Gasteiger partial charge in [0.25, 0.3) is 0 Å². The van der Waals surface area contributed by atoms with Crippen molar-refractivity contribution < 1.29 is 33.0 Å². The van der Waals surface area contributed by atoms with Crippen molar-refractivity contribution >= 4 is 11.9 Å². The molecule has 0 radical (unpaired) electrons. The smallest absolute Gasteiger partial charge is 0.471 e. The molecule has 8 heteroatoms. The van der Waals surface area contributed by atoms with E-state index in [1.807, 2.05) is 0 Å². The lowest BCUT2D eigenvalue weighted by Crippen LogP contribution is -2.59. The first-order chi connectivity index (χ1) is 8.62. The number of carbonyl (C=O) groups is 2. The third kappa shape index (κ3) is 1.98. The molecule has 2 aliphatic rings. The fraction of sp³-hybridized carbons (Fsp3) is 0.818. The number of aliphatic carboxylic acids is 1. The van der Waals surface area contributed by atoms with Crippen molar-refractivity contribution in [1.82, 2.24) is 4.90 Å². The summed E-state index contributed by atoms with van der Waals surface area (Å²) in [6, 6.07) is 0. The lowest BCUT2D eigenvalue weighted by Gasteiger charge is -2.48. The topological polar surface area (TPSA) is 77.8 Å². The molecule has 2 fully saturated rings. The van der Waals surface area contributed by atoms with Gasteiger partial charge in [-0.25, -0.2) is 0 Å². The van der Waals surface area contributed by atoms with Gasteiger partial charge in [0.15, 0.2) is 0 Å². The van der Waals surface area contributed by atoms with E-state index < -0.39 is 35.6 Å². The van der Waals surface area contributed by atoms with Crippen molar-refractivity contribution in [2.45, 2.75) is 37.5 Å². The number of β-amino-alcohol motifs (C(OH)–C–C–N with tert-alkyl or cyclic N) is 1. The first-order valence-corrected chi connectivity index (χ1v) is 5.94. The summed E-state index contributed by atoms with van der Waals surface area (Å²) < 4.78 is 36.9. The zero-order valence-electron chi connectivity index (χ0n) is 10.0. The van der Waals surface area contributed by atoms with Crippen LogP contribution < -0.4 is 0 Å². The van der Waals surface area contributed by atoms with E-state index in [1.165, 1.54) is 0 Å². The summed E-state index contributed by atoms with van der Waals surface area (Å²) >= 11 is 0. The Bertz CT molecular complexity index is 419. The Hall–Kier alpha value is -1.31. The molecule has 108 valence electrons. The number of carbonyl (C=O) groups excluding carboxylic acids is 1. The van der Waals surface area contributed by atoms with Gasteiger partial charge in [-0.2, -0.15) is 13.2 Å². The molecule has 1 amide bonds. The Morgan fingerprint density at radius 3 is 2.11 bits per heavy atom. The number of alkyl halides is 3. The van der Waals surface area contributed by atoms with Crippen molar-refractivity contribution in [3.8, 4) is 0 Å². The second-order valence-electron chi connectivity index (χ2n) is 5.25. The molecule has 0 aromatic carbocycles. The van der Waals surface area contributed by atoms with E-state index in [0.29, 0.717) is 11.3 Å². The first kappa shape index (κ1) is 14.1. The molecule has 1 atom stereocenters. The number of rotatable bonds is 2. The third-order valence-corrected chi connectivity index (χ3v) is 4.28. The number of halogens is 3. The summed E-state index contributed by atoms with van der Waals surface area (Å²) in [6.45, 7) is -0.846. The average molecular weight is 281 g/mol. The monoisotopic (exact) mass is 281 g/mol. The second kappa shape index (κ2) is 4.09. The fourth-order valence-electron chi connectivity index (χ4n) is 2.95. The standard InChI is InChI=1S/C11H14F3NO4/c12-11(13,14)7(16)15-5-4-10(19,6-15)9(8(17)18)2-1-3-9/h19H,1-6H2,(H,17,18). The van der Waals surface area contributed by atoms with Gasteiger partial charge in [0.1, 0.15) is 0 Å². The predicted molar refractivity (Wildman–Crippen MR) is 56.1 cm³/mol. The summed E-state index contributed by atoms with van der Waals surface area (Å²) in [5.41, 5.74) is -3.17. The van der Waals surface area contributed by atoms with Crippen molar-refractivity contribution in [2.75, 3.05) is 13.1 Å². The van der Waals surface area contributed by atoms with Crippen molar-refractivity contribution in [2.24, 2.45) is 5.41 Å². The van der Waals surface area contributed by atoms with Crippen LogP contribution in [0.25, 0.3) is 0 Å². The number of carboxylic acid groups (broad SMARTS) is 1. The number of amides is 1. The van der Waals surface area contributed by atoms with Crippen LogP contribution in [-0.4, -0.2) is 51.9 Å². The van der Waals surface area contributed by atoms with Crippen molar-refractivity contribution in [3.05, 3.63) is 0 Å². The lowest BCUT2D eigenvalue weighted by atomic mass is 9.58. The van der Waals surface area contributed by atoms with E-state index in [0.717, 1.165) is 0 Å². The largest absolute Gasteiger partial charge is 0.481 e. The molecule has 1 heterocycles. The van der Waals surface area contributed by atoms with Crippen LogP contribution in [0, 0.1) is 5.41 Å². The molecular formula is C11H14F3NO4. The van der Waals surface area contributed by atoms with Gasteiger partial charge in [-0.3, -0.25) is 9.59 Å². The second-order valence-corrected chi connectivity index (χ2v) is 5.25. The van der Waals surface area contributed by atoms with Gasteiger partial charge >= 0.3 is 18.1 Å². The minimum Gasteiger partial charge on any atom is -0.481 e.